The van der Waals surface area contributed by atoms with Gasteiger partial charge >= 0.3 is 0 Å². The lowest BCUT2D eigenvalue weighted by Gasteiger charge is -2.22. The lowest BCUT2D eigenvalue weighted by Crippen LogP contribution is -2.38. The quantitative estimate of drug-likeness (QED) is 0.922. The predicted molar refractivity (Wildman–Crippen MR) is 82.7 cm³/mol. The third-order valence-corrected chi connectivity index (χ3v) is 5.43. The van der Waals surface area contributed by atoms with Crippen molar-refractivity contribution in [1.29, 1.82) is 0 Å². The van der Waals surface area contributed by atoms with Crippen molar-refractivity contribution in [2.45, 2.75) is 29.0 Å². The van der Waals surface area contributed by atoms with E-state index in [0.717, 1.165) is 6.42 Å². The maximum atomic E-state index is 13.8. The second kappa shape index (κ2) is 6.16. The molecule has 2 atom stereocenters. The second-order valence-corrected chi connectivity index (χ2v) is 6.55. The molecular formula is C17H17F2NS. The molecule has 0 aliphatic carbocycles. The molecule has 0 saturated carbocycles. The zero-order valence-electron chi connectivity index (χ0n) is 11.8. The van der Waals surface area contributed by atoms with Crippen LogP contribution in [-0.2, 0) is 12.8 Å². The highest BCUT2D eigenvalue weighted by Gasteiger charge is 2.29. The van der Waals surface area contributed by atoms with Crippen LogP contribution in [0.1, 0.15) is 11.1 Å². The molecule has 1 aliphatic heterocycles. The van der Waals surface area contributed by atoms with Gasteiger partial charge in [0.05, 0.1) is 0 Å². The summed E-state index contributed by atoms with van der Waals surface area (Å²) >= 11 is 1.79. The Morgan fingerprint density at radius 1 is 1.14 bits per heavy atom. The third-order valence-electron chi connectivity index (χ3n) is 3.98. The van der Waals surface area contributed by atoms with Gasteiger partial charge in [0, 0.05) is 21.8 Å². The Hall–Kier alpha value is -1.39. The molecule has 0 spiro atoms. The fourth-order valence-corrected chi connectivity index (χ4v) is 4.25. The lowest BCUT2D eigenvalue weighted by molar-refractivity contribution is 0.493. The van der Waals surface area contributed by atoms with E-state index < -0.39 is 11.6 Å². The van der Waals surface area contributed by atoms with Gasteiger partial charge < -0.3 is 5.32 Å². The van der Waals surface area contributed by atoms with Gasteiger partial charge in [-0.25, -0.2) is 8.78 Å². The normalized spacial score (nSPS) is 18.5. The van der Waals surface area contributed by atoms with Gasteiger partial charge in [0.1, 0.15) is 11.6 Å². The Morgan fingerprint density at radius 3 is 2.52 bits per heavy atom. The Bertz CT molecular complexity index is 599. The zero-order valence-corrected chi connectivity index (χ0v) is 12.6. The number of thioether (sulfide) groups is 1. The van der Waals surface area contributed by atoms with Crippen molar-refractivity contribution in [3.8, 4) is 0 Å². The summed E-state index contributed by atoms with van der Waals surface area (Å²) in [6, 6.07) is 12.4. The van der Waals surface area contributed by atoms with Crippen molar-refractivity contribution in [2.24, 2.45) is 0 Å². The number of fused-ring (bicyclic) bond motifs is 1. The zero-order chi connectivity index (χ0) is 14.8. The maximum Gasteiger partial charge on any atom is 0.129 e. The summed E-state index contributed by atoms with van der Waals surface area (Å²) in [5.41, 5.74) is 1.50. The third kappa shape index (κ3) is 2.97. The van der Waals surface area contributed by atoms with E-state index in [2.05, 4.69) is 17.4 Å². The molecule has 2 unspecified atom stereocenters. The highest BCUT2D eigenvalue weighted by atomic mass is 32.2. The van der Waals surface area contributed by atoms with E-state index in [1.807, 2.05) is 19.2 Å². The highest BCUT2D eigenvalue weighted by Crippen LogP contribution is 2.39. The number of benzene rings is 2. The lowest BCUT2D eigenvalue weighted by atomic mass is 9.98. The van der Waals surface area contributed by atoms with E-state index in [1.54, 1.807) is 11.8 Å². The van der Waals surface area contributed by atoms with Gasteiger partial charge in [-0.05, 0) is 43.7 Å². The number of nitrogens with one attached hydrogen (secondary N) is 1. The summed E-state index contributed by atoms with van der Waals surface area (Å²) in [6.45, 7) is 0. The van der Waals surface area contributed by atoms with Crippen LogP contribution in [0.4, 0.5) is 8.78 Å². The number of hydrogen-bond acceptors (Lipinski definition) is 2. The van der Waals surface area contributed by atoms with Crippen molar-refractivity contribution in [3.05, 3.63) is 65.2 Å². The van der Waals surface area contributed by atoms with Crippen LogP contribution >= 0.6 is 11.8 Å². The first-order valence-corrected chi connectivity index (χ1v) is 7.91. The van der Waals surface area contributed by atoms with Gasteiger partial charge in [-0.15, -0.1) is 11.8 Å². The summed E-state index contributed by atoms with van der Waals surface area (Å²) in [5.74, 6) is -0.925. The summed E-state index contributed by atoms with van der Waals surface area (Å²) < 4.78 is 27.6. The van der Waals surface area contributed by atoms with Gasteiger partial charge in [0.2, 0.25) is 0 Å². The predicted octanol–water partition coefficient (Wildman–Crippen LogP) is 3.81. The molecule has 3 rings (SSSR count). The van der Waals surface area contributed by atoms with Crippen LogP contribution in [0.2, 0.25) is 0 Å². The first kappa shape index (κ1) is 14.5. The standard InChI is InChI=1S/C17H17F2NS/c1-20-15(10-12-13(18)6-4-7-14(12)19)17-9-11-5-2-3-8-16(11)21-17/h2-8,15,17,20H,9-10H2,1H3. The SMILES string of the molecule is CNC(Cc1c(F)cccc1F)C1Cc2ccccc2S1. The van der Waals surface area contributed by atoms with Crippen molar-refractivity contribution in [3.63, 3.8) is 0 Å². The van der Waals surface area contributed by atoms with E-state index in [-0.39, 0.29) is 11.6 Å². The van der Waals surface area contributed by atoms with Crippen LogP contribution < -0.4 is 5.32 Å². The Labute approximate surface area is 127 Å². The molecule has 0 aromatic heterocycles. The fraction of sp³-hybridized carbons (Fsp3) is 0.294. The maximum absolute atomic E-state index is 13.8. The van der Waals surface area contributed by atoms with Crippen LogP contribution in [0.15, 0.2) is 47.4 Å². The molecule has 0 fully saturated rings. The average molecular weight is 305 g/mol. The second-order valence-electron chi connectivity index (χ2n) is 5.27. The van der Waals surface area contributed by atoms with Crippen molar-refractivity contribution >= 4 is 11.8 Å². The molecule has 1 N–H and O–H groups in total. The molecule has 0 bridgehead atoms. The highest BCUT2D eigenvalue weighted by molar-refractivity contribution is 8.00. The van der Waals surface area contributed by atoms with Gasteiger partial charge in [-0.3, -0.25) is 0 Å². The van der Waals surface area contributed by atoms with Crippen molar-refractivity contribution < 1.29 is 8.78 Å². The van der Waals surface area contributed by atoms with Crippen LogP contribution in [-0.4, -0.2) is 18.3 Å². The van der Waals surface area contributed by atoms with E-state index >= 15 is 0 Å². The van der Waals surface area contributed by atoms with Crippen LogP contribution in [0.3, 0.4) is 0 Å². The largest absolute Gasteiger partial charge is 0.316 e. The molecule has 0 radical (unpaired) electrons. The van der Waals surface area contributed by atoms with E-state index in [9.17, 15) is 8.78 Å². The summed E-state index contributed by atoms with van der Waals surface area (Å²) in [7, 11) is 1.85. The molecule has 110 valence electrons. The first-order valence-electron chi connectivity index (χ1n) is 7.03. The molecular weight excluding hydrogens is 288 g/mol. The molecule has 2 aromatic rings. The molecule has 0 amide bonds. The molecule has 0 saturated heterocycles. The Morgan fingerprint density at radius 2 is 1.86 bits per heavy atom. The first-order chi connectivity index (χ1) is 10.2. The number of hydrogen-bond donors (Lipinski definition) is 1. The van der Waals surface area contributed by atoms with E-state index in [0.29, 0.717) is 11.7 Å². The molecule has 4 heteroatoms. The number of likely N-dealkylation sites (N-methyl/N-ethyl adjacent to an activating group) is 1. The van der Waals surface area contributed by atoms with Gasteiger partial charge in [-0.1, -0.05) is 24.3 Å². The molecule has 2 aromatic carbocycles. The summed E-state index contributed by atoms with van der Waals surface area (Å²) in [4.78, 5) is 1.27. The van der Waals surface area contributed by atoms with E-state index in [4.69, 9.17) is 0 Å². The van der Waals surface area contributed by atoms with Crippen LogP contribution in [0.5, 0.6) is 0 Å². The molecule has 1 heterocycles. The van der Waals surface area contributed by atoms with E-state index in [1.165, 1.54) is 28.7 Å². The fourth-order valence-electron chi connectivity index (χ4n) is 2.80. The summed E-state index contributed by atoms with van der Waals surface area (Å²) in [6.07, 6.45) is 1.29. The van der Waals surface area contributed by atoms with Gasteiger partial charge in [0.15, 0.2) is 0 Å². The van der Waals surface area contributed by atoms with Gasteiger partial charge in [0.25, 0.3) is 0 Å². The molecule has 1 aliphatic rings. The minimum atomic E-state index is -0.462. The molecule has 21 heavy (non-hydrogen) atoms. The smallest absolute Gasteiger partial charge is 0.129 e. The summed E-state index contributed by atoms with van der Waals surface area (Å²) in [5, 5.41) is 3.53. The number of halogens is 2. The Balaban J connectivity index is 1.78. The number of rotatable bonds is 4. The average Bonchev–Trinajstić information content (AvgIpc) is 2.90. The molecule has 1 nitrogen and oxygen atoms in total. The monoisotopic (exact) mass is 305 g/mol. The van der Waals surface area contributed by atoms with Crippen molar-refractivity contribution in [2.75, 3.05) is 7.05 Å². The Kier molecular flexibility index (Phi) is 4.27. The topological polar surface area (TPSA) is 12.0 Å². The van der Waals surface area contributed by atoms with Crippen molar-refractivity contribution in [1.82, 2.24) is 5.32 Å². The minimum absolute atomic E-state index is 0.0359. The van der Waals surface area contributed by atoms with Gasteiger partial charge in [-0.2, -0.15) is 0 Å². The minimum Gasteiger partial charge on any atom is -0.316 e. The van der Waals surface area contributed by atoms with Crippen LogP contribution in [0.25, 0.3) is 0 Å². The van der Waals surface area contributed by atoms with Crippen LogP contribution in [0, 0.1) is 11.6 Å².